The van der Waals surface area contributed by atoms with E-state index in [1.165, 1.54) is 24.3 Å². The molecule has 0 unspecified atom stereocenters. The molecule has 0 amide bonds. The molecule has 0 spiro atoms. The summed E-state index contributed by atoms with van der Waals surface area (Å²) in [7, 11) is 0. The van der Waals surface area contributed by atoms with Gasteiger partial charge in [-0.3, -0.25) is 0 Å². The molecule has 4 heteroatoms. The molecule has 0 bridgehead atoms. The predicted molar refractivity (Wildman–Crippen MR) is 58.7 cm³/mol. The number of aromatic hydroxyl groups is 1. The zero-order valence-corrected chi connectivity index (χ0v) is 8.77. The summed E-state index contributed by atoms with van der Waals surface area (Å²) in [4.78, 5) is 10.8. The number of nitriles is 1. The molecule has 1 rings (SSSR count). The lowest BCUT2D eigenvalue weighted by atomic mass is 10.0. The normalized spacial score (nSPS) is 10.9. The van der Waals surface area contributed by atoms with Crippen LogP contribution in [0.2, 0.25) is 0 Å². The van der Waals surface area contributed by atoms with Crippen LogP contribution in [0.3, 0.4) is 0 Å². The molecular weight excluding hydrogens is 206 g/mol. The average molecular weight is 217 g/mol. The molecule has 1 aromatic rings. The SMILES string of the molecule is CCC(=Cc1ccc(O)cc1C#N)C(=O)O. The Labute approximate surface area is 93.1 Å². The van der Waals surface area contributed by atoms with Crippen LogP contribution in [0.4, 0.5) is 0 Å². The first-order valence-corrected chi connectivity index (χ1v) is 4.75. The van der Waals surface area contributed by atoms with Crippen molar-refractivity contribution in [2.24, 2.45) is 0 Å². The van der Waals surface area contributed by atoms with Crippen LogP contribution in [0.5, 0.6) is 5.75 Å². The smallest absolute Gasteiger partial charge is 0.331 e. The summed E-state index contributed by atoms with van der Waals surface area (Å²) in [6.45, 7) is 1.73. The topological polar surface area (TPSA) is 81.3 Å². The first-order valence-electron chi connectivity index (χ1n) is 4.75. The Morgan fingerprint density at radius 2 is 2.25 bits per heavy atom. The third-order valence-electron chi connectivity index (χ3n) is 2.14. The maximum Gasteiger partial charge on any atom is 0.331 e. The zero-order valence-electron chi connectivity index (χ0n) is 8.77. The predicted octanol–water partition coefficient (Wildman–Crippen LogP) is 2.14. The van der Waals surface area contributed by atoms with Gasteiger partial charge < -0.3 is 10.2 Å². The van der Waals surface area contributed by atoms with E-state index >= 15 is 0 Å². The van der Waals surface area contributed by atoms with Gasteiger partial charge in [0.2, 0.25) is 0 Å². The number of hydrogen-bond donors (Lipinski definition) is 2. The molecule has 0 aliphatic carbocycles. The summed E-state index contributed by atoms with van der Waals surface area (Å²) in [5, 5.41) is 26.9. The first-order chi connectivity index (χ1) is 7.58. The molecule has 0 aromatic heterocycles. The molecule has 1 aromatic carbocycles. The van der Waals surface area contributed by atoms with E-state index in [1.807, 2.05) is 6.07 Å². The van der Waals surface area contributed by atoms with E-state index < -0.39 is 5.97 Å². The highest BCUT2D eigenvalue weighted by atomic mass is 16.4. The average Bonchev–Trinajstić information content (AvgIpc) is 2.26. The molecule has 0 aliphatic rings. The summed E-state index contributed by atoms with van der Waals surface area (Å²) in [5.41, 5.74) is 0.980. The lowest BCUT2D eigenvalue weighted by molar-refractivity contribution is -0.132. The third kappa shape index (κ3) is 2.61. The van der Waals surface area contributed by atoms with Crippen LogP contribution in [-0.2, 0) is 4.79 Å². The van der Waals surface area contributed by atoms with Gasteiger partial charge in [0, 0.05) is 5.57 Å². The number of aliphatic carboxylic acids is 1. The first kappa shape index (κ1) is 11.8. The molecule has 0 fully saturated rings. The van der Waals surface area contributed by atoms with Gasteiger partial charge >= 0.3 is 5.97 Å². The largest absolute Gasteiger partial charge is 0.508 e. The van der Waals surface area contributed by atoms with Crippen molar-refractivity contribution in [3.63, 3.8) is 0 Å². The molecule has 0 heterocycles. The van der Waals surface area contributed by atoms with Crippen LogP contribution in [0, 0.1) is 11.3 Å². The van der Waals surface area contributed by atoms with Gasteiger partial charge in [-0.2, -0.15) is 5.26 Å². The van der Waals surface area contributed by atoms with Crippen LogP contribution in [-0.4, -0.2) is 16.2 Å². The molecule has 0 atom stereocenters. The summed E-state index contributed by atoms with van der Waals surface area (Å²) < 4.78 is 0. The van der Waals surface area contributed by atoms with Crippen LogP contribution in [0.15, 0.2) is 23.8 Å². The summed E-state index contributed by atoms with van der Waals surface area (Å²) in [5.74, 6) is -1.01. The van der Waals surface area contributed by atoms with E-state index in [4.69, 9.17) is 10.4 Å². The van der Waals surface area contributed by atoms with Gasteiger partial charge in [-0.15, -0.1) is 0 Å². The van der Waals surface area contributed by atoms with E-state index in [-0.39, 0.29) is 16.9 Å². The Morgan fingerprint density at radius 1 is 1.56 bits per heavy atom. The second kappa shape index (κ2) is 4.99. The van der Waals surface area contributed by atoms with Gasteiger partial charge in [0.15, 0.2) is 0 Å². The lowest BCUT2D eigenvalue weighted by Gasteiger charge is -2.01. The van der Waals surface area contributed by atoms with Crippen molar-refractivity contribution >= 4 is 12.0 Å². The van der Waals surface area contributed by atoms with Gasteiger partial charge in [-0.25, -0.2) is 4.79 Å². The van der Waals surface area contributed by atoms with E-state index in [0.717, 1.165) is 0 Å². The van der Waals surface area contributed by atoms with Crippen LogP contribution in [0.25, 0.3) is 6.08 Å². The fraction of sp³-hybridized carbons (Fsp3) is 0.167. The van der Waals surface area contributed by atoms with Crippen molar-refractivity contribution < 1.29 is 15.0 Å². The number of benzene rings is 1. The maximum atomic E-state index is 10.8. The number of carboxylic acids is 1. The quantitative estimate of drug-likeness (QED) is 0.760. The van der Waals surface area contributed by atoms with Crippen LogP contribution < -0.4 is 0 Å². The Hall–Kier alpha value is -2.28. The molecule has 16 heavy (non-hydrogen) atoms. The molecule has 4 nitrogen and oxygen atoms in total. The highest BCUT2D eigenvalue weighted by Crippen LogP contribution is 2.19. The van der Waals surface area contributed by atoms with E-state index in [1.54, 1.807) is 6.92 Å². The number of carboxylic acid groups (broad SMARTS) is 1. The number of phenols is 1. The molecule has 82 valence electrons. The Kier molecular flexibility index (Phi) is 3.67. The second-order valence-corrected chi connectivity index (χ2v) is 3.21. The lowest BCUT2D eigenvalue weighted by Crippen LogP contribution is -1.99. The van der Waals surface area contributed by atoms with Crippen molar-refractivity contribution in [2.45, 2.75) is 13.3 Å². The molecule has 0 aliphatic heterocycles. The molecular formula is C12H11NO3. The Bertz CT molecular complexity index is 484. The highest BCUT2D eigenvalue weighted by Gasteiger charge is 2.07. The maximum absolute atomic E-state index is 10.8. The molecule has 0 radical (unpaired) electrons. The number of carbonyl (C=O) groups is 1. The standard InChI is InChI=1S/C12H11NO3/c1-2-8(12(15)16)5-9-3-4-11(14)6-10(9)7-13/h3-6,14H,2H2,1H3,(H,15,16). The van der Waals surface area contributed by atoms with Crippen molar-refractivity contribution in [1.82, 2.24) is 0 Å². The second-order valence-electron chi connectivity index (χ2n) is 3.21. The van der Waals surface area contributed by atoms with Gasteiger partial charge in [0.1, 0.15) is 5.75 Å². The minimum Gasteiger partial charge on any atom is -0.508 e. The molecule has 0 saturated heterocycles. The van der Waals surface area contributed by atoms with Gasteiger partial charge in [0.25, 0.3) is 0 Å². The van der Waals surface area contributed by atoms with Crippen molar-refractivity contribution in [1.29, 1.82) is 5.26 Å². The van der Waals surface area contributed by atoms with Gasteiger partial charge in [0.05, 0.1) is 11.6 Å². The minimum atomic E-state index is -1.00. The summed E-state index contributed by atoms with van der Waals surface area (Å²) in [6.07, 6.45) is 1.82. The Balaban J connectivity index is 3.24. The van der Waals surface area contributed by atoms with Crippen molar-refractivity contribution in [3.8, 4) is 11.8 Å². The number of nitrogens with zero attached hydrogens (tertiary/aromatic N) is 1. The van der Waals surface area contributed by atoms with Gasteiger partial charge in [-0.05, 0) is 36.3 Å². The van der Waals surface area contributed by atoms with Crippen molar-refractivity contribution in [2.75, 3.05) is 0 Å². The monoisotopic (exact) mass is 217 g/mol. The Morgan fingerprint density at radius 3 is 2.75 bits per heavy atom. The van der Waals surface area contributed by atoms with E-state index in [0.29, 0.717) is 12.0 Å². The molecule has 2 N–H and O–H groups in total. The minimum absolute atomic E-state index is 0.0120. The van der Waals surface area contributed by atoms with E-state index in [9.17, 15) is 9.90 Å². The van der Waals surface area contributed by atoms with Crippen LogP contribution >= 0.6 is 0 Å². The van der Waals surface area contributed by atoms with Crippen LogP contribution in [0.1, 0.15) is 24.5 Å². The summed E-state index contributed by atoms with van der Waals surface area (Å²) >= 11 is 0. The number of rotatable bonds is 3. The number of phenolic OH excluding ortho intramolecular Hbond substituents is 1. The number of hydrogen-bond acceptors (Lipinski definition) is 3. The third-order valence-corrected chi connectivity index (χ3v) is 2.14. The molecule has 0 saturated carbocycles. The summed E-state index contributed by atoms with van der Waals surface area (Å²) in [6, 6.07) is 6.15. The highest BCUT2D eigenvalue weighted by molar-refractivity contribution is 5.92. The zero-order chi connectivity index (χ0) is 12.1. The fourth-order valence-corrected chi connectivity index (χ4v) is 1.27. The van der Waals surface area contributed by atoms with E-state index in [2.05, 4.69) is 0 Å². The fourth-order valence-electron chi connectivity index (χ4n) is 1.27. The van der Waals surface area contributed by atoms with Crippen molar-refractivity contribution in [3.05, 3.63) is 34.9 Å². The van der Waals surface area contributed by atoms with Gasteiger partial charge in [-0.1, -0.05) is 6.92 Å².